The molecule has 0 saturated carbocycles. The Morgan fingerprint density at radius 2 is 2.18 bits per heavy atom. The number of hydrogen-bond acceptors (Lipinski definition) is 3. The molecule has 3 nitrogen and oxygen atoms in total. The van der Waals surface area contributed by atoms with E-state index in [9.17, 15) is 0 Å². The van der Waals surface area contributed by atoms with Crippen LogP contribution in [0.5, 0.6) is 0 Å². The van der Waals surface area contributed by atoms with Gasteiger partial charge >= 0.3 is 0 Å². The van der Waals surface area contributed by atoms with Crippen LogP contribution in [0.1, 0.15) is 32.4 Å². The summed E-state index contributed by atoms with van der Waals surface area (Å²) in [6.45, 7) is 8.85. The second-order valence-electron chi connectivity index (χ2n) is 5.02. The van der Waals surface area contributed by atoms with E-state index >= 15 is 0 Å². The van der Waals surface area contributed by atoms with Gasteiger partial charge in [-0.3, -0.25) is 9.88 Å². The Hall–Kier alpha value is -1.09. The molecule has 0 atom stereocenters. The third-order valence-electron chi connectivity index (χ3n) is 3.46. The predicted octanol–water partition coefficient (Wildman–Crippen LogP) is 2.75. The summed E-state index contributed by atoms with van der Waals surface area (Å²) in [7, 11) is 0. The highest BCUT2D eigenvalue weighted by Gasteiger charge is 2.15. The van der Waals surface area contributed by atoms with Crippen molar-refractivity contribution in [1.82, 2.24) is 9.88 Å². The zero-order valence-corrected chi connectivity index (χ0v) is 10.9. The minimum atomic E-state index is 0.896. The first-order valence-corrected chi connectivity index (χ1v) is 6.69. The molecule has 0 spiro atoms. The summed E-state index contributed by atoms with van der Waals surface area (Å²) in [5.74, 6) is 0.896. The van der Waals surface area contributed by atoms with E-state index < -0.39 is 0 Å². The highest BCUT2D eigenvalue weighted by atomic mass is 15.1. The third-order valence-corrected chi connectivity index (χ3v) is 3.46. The SMILES string of the molecule is CCNc1ccnc(CN2CCC(C)CC2)c1. The van der Waals surface area contributed by atoms with Crippen molar-refractivity contribution in [1.29, 1.82) is 0 Å². The molecule has 0 radical (unpaired) electrons. The molecule has 2 rings (SSSR count). The van der Waals surface area contributed by atoms with E-state index in [1.807, 2.05) is 12.3 Å². The lowest BCUT2D eigenvalue weighted by Gasteiger charge is -2.29. The zero-order chi connectivity index (χ0) is 12.1. The maximum atomic E-state index is 4.45. The molecule has 0 amide bonds. The first-order chi connectivity index (χ1) is 8.28. The van der Waals surface area contributed by atoms with Gasteiger partial charge in [-0.1, -0.05) is 6.92 Å². The molecule has 1 aliphatic heterocycles. The molecule has 1 fully saturated rings. The van der Waals surface area contributed by atoms with Gasteiger partial charge in [-0.05, 0) is 50.9 Å². The predicted molar refractivity (Wildman–Crippen MR) is 72.1 cm³/mol. The van der Waals surface area contributed by atoms with Crippen molar-refractivity contribution < 1.29 is 0 Å². The molecule has 1 aliphatic rings. The highest BCUT2D eigenvalue weighted by molar-refractivity contribution is 5.42. The second-order valence-corrected chi connectivity index (χ2v) is 5.02. The Balaban J connectivity index is 1.91. The standard InChI is InChI=1S/C14H23N3/c1-3-15-13-4-7-16-14(10-13)11-17-8-5-12(2)6-9-17/h4,7,10,12H,3,5-6,8-9,11H2,1-2H3,(H,15,16). The fourth-order valence-corrected chi connectivity index (χ4v) is 2.33. The van der Waals surface area contributed by atoms with Crippen LogP contribution in [0.2, 0.25) is 0 Å². The highest BCUT2D eigenvalue weighted by Crippen LogP contribution is 2.18. The van der Waals surface area contributed by atoms with Crippen LogP contribution < -0.4 is 5.32 Å². The summed E-state index contributed by atoms with van der Waals surface area (Å²) in [5, 5.41) is 3.33. The van der Waals surface area contributed by atoms with Gasteiger partial charge in [-0.25, -0.2) is 0 Å². The minimum Gasteiger partial charge on any atom is -0.385 e. The van der Waals surface area contributed by atoms with Crippen LogP contribution in [0.15, 0.2) is 18.3 Å². The van der Waals surface area contributed by atoms with Crippen LogP contribution in [0.4, 0.5) is 5.69 Å². The molecule has 2 heterocycles. The van der Waals surface area contributed by atoms with Crippen molar-refractivity contribution in [3.05, 3.63) is 24.0 Å². The summed E-state index contributed by atoms with van der Waals surface area (Å²) < 4.78 is 0. The fraction of sp³-hybridized carbons (Fsp3) is 0.643. The molecule has 0 unspecified atom stereocenters. The number of nitrogens with one attached hydrogen (secondary N) is 1. The van der Waals surface area contributed by atoms with Gasteiger partial charge in [0.1, 0.15) is 0 Å². The normalized spacial score (nSPS) is 18.2. The smallest absolute Gasteiger partial charge is 0.0564 e. The zero-order valence-electron chi connectivity index (χ0n) is 10.9. The van der Waals surface area contributed by atoms with Gasteiger partial charge < -0.3 is 5.32 Å². The monoisotopic (exact) mass is 233 g/mol. The van der Waals surface area contributed by atoms with Crippen molar-refractivity contribution in [2.75, 3.05) is 25.0 Å². The van der Waals surface area contributed by atoms with Crippen LogP contribution in [-0.4, -0.2) is 29.5 Å². The molecule has 94 valence electrons. The number of hydrogen-bond donors (Lipinski definition) is 1. The Morgan fingerprint density at radius 3 is 2.88 bits per heavy atom. The van der Waals surface area contributed by atoms with Crippen LogP contribution in [0, 0.1) is 5.92 Å². The first kappa shape index (κ1) is 12.4. The summed E-state index contributed by atoms with van der Waals surface area (Å²) in [6.07, 6.45) is 4.56. The number of aromatic nitrogens is 1. The van der Waals surface area contributed by atoms with E-state index in [1.54, 1.807) is 0 Å². The van der Waals surface area contributed by atoms with Crippen molar-refractivity contribution in [3.8, 4) is 0 Å². The second kappa shape index (κ2) is 6.01. The number of likely N-dealkylation sites (tertiary alicyclic amines) is 1. The molecule has 0 aliphatic carbocycles. The third kappa shape index (κ3) is 3.70. The van der Waals surface area contributed by atoms with Crippen LogP contribution >= 0.6 is 0 Å². The molecule has 1 aromatic rings. The van der Waals surface area contributed by atoms with E-state index in [2.05, 4.69) is 35.1 Å². The fourth-order valence-electron chi connectivity index (χ4n) is 2.33. The molecular formula is C14H23N3. The molecule has 1 aromatic heterocycles. The van der Waals surface area contributed by atoms with Crippen LogP contribution in [0.25, 0.3) is 0 Å². The topological polar surface area (TPSA) is 28.2 Å². The van der Waals surface area contributed by atoms with Crippen molar-refractivity contribution >= 4 is 5.69 Å². The Kier molecular flexibility index (Phi) is 4.37. The van der Waals surface area contributed by atoms with E-state index in [1.165, 1.54) is 37.3 Å². The molecular weight excluding hydrogens is 210 g/mol. The van der Waals surface area contributed by atoms with Gasteiger partial charge in [0.05, 0.1) is 5.69 Å². The average molecular weight is 233 g/mol. The first-order valence-electron chi connectivity index (χ1n) is 6.69. The van der Waals surface area contributed by atoms with E-state index in [0.717, 1.165) is 19.0 Å². The number of piperidine rings is 1. The van der Waals surface area contributed by atoms with Gasteiger partial charge in [0.25, 0.3) is 0 Å². The molecule has 0 bridgehead atoms. The lowest BCUT2D eigenvalue weighted by molar-refractivity contribution is 0.183. The maximum Gasteiger partial charge on any atom is 0.0564 e. The van der Waals surface area contributed by atoms with Crippen LogP contribution in [0.3, 0.4) is 0 Å². The molecule has 1 N–H and O–H groups in total. The largest absolute Gasteiger partial charge is 0.385 e. The van der Waals surface area contributed by atoms with Gasteiger partial charge in [-0.2, -0.15) is 0 Å². The lowest BCUT2D eigenvalue weighted by atomic mass is 9.99. The van der Waals surface area contributed by atoms with Crippen molar-refractivity contribution in [3.63, 3.8) is 0 Å². The summed E-state index contributed by atoms with van der Waals surface area (Å²) >= 11 is 0. The van der Waals surface area contributed by atoms with Crippen molar-refractivity contribution in [2.45, 2.75) is 33.2 Å². The summed E-state index contributed by atoms with van der Waals surface area (Å²) in [4.78, 5) is 6.97. The Morgan fingerprint density at radius 1 is 1.41 bits per heavy atom. The molecule has 1 saturated heterocycles. The van der Waals surface area contributed by atoms with E-state index in [4.69, 9.17) is 0 Å². The number of anilines is 1. The molecule has 0 aromatic carbocycles. The number of rotatable bonds is 4. The van der Waals surface area contributed by atoms with Gasteiger partial charge in [-0.15, -0.1) is 0 Å². The lowest BCUT2D eigenvalue weighted by Crippen LogP contribution is -2.32. The van der Waals surface area contributed by atoms with Gasteiger partial charge in [0.2, 0.25) is 0 Å². The van der Waals surface area contributed by atoms with Crippen LogP contribution in [-0.2, 0) is 6.54 Å². The van der Waals surface area contributed by atoms with E-state index in [0.29, 0.717) is 0 Å². The summed E-state index contributed by atoms with van der Waals surface area (Å²) in [6, 6.07) is 4.20. The quantitative estimate of drug-likeness (QED) is 0.866. The number of pyridine rings is 1. The summed E-state index contributed by atoms with van der Waals surface area (Å²) in [5.41, 5.74) is 2.36. The molecule has 3 heteroatoms. The van der Waals surface area contributed by atoms with Gasteiger partial charge in [0, 0.05) is 25.0 Å². The Bertz CT molecular complexity index is 343. The van der Waals surface area contributed by atoms with Crippen molar-refractivity contribution in [2.24, 2.45) is 5.92 Å². The Labute approximate surface area is 104 Å². The number of nitrogens with zero attached hydrogens (tertiary/aromatic N) is 2. The minimum absolute atomic E-state index is 0.896. The van der Waals surface area contributed by atoms with Gasteiger partial charge in [0.15, 0.2) is 0 Å². The van der Waals surface area contributed by atoms with E-state index in [-0.39, 0.29) is 0 Å². The average Bonchev–Trinajstić information content (AvgIpc) is 2.33. The molecule has 17 heavy (non-hydrogen) atoms. The maximum absolute atomic E-state index is 4.45.